The third-order valence-electron chi connectivity index (χ3n) is 4.44. The van der Waals surface area contributed by atoms with Crippen LogP contribution >= 0.6 is 11.3 Å². The number of aliphatic carboxylic acids is 1. The Bertz CT molecular complexity index is 775. The molecule has 1 aromatic heterocycles. The molecule has 1 aliphatic rings. The summed E-state index contributed by atoms with van der Waals surface area (Å²) in [6.45, 7) is 2.16. The van der Waals surface area contributed by atoms with Crippen molar-refractivity contribution in [1.29, 1.82) is 0 Å². The number of nitrogens with one attached hydrogen (secondary N) is 1. The molecule has 1 fully saturated rings. The Morgan fingerprint density at radius 2 is 1.96 bits per heavy atom. The van der Waals surface area contributed by atoms with Crippen LogP contribution < -0.4 is 10.1 Å². The van der Waals surface area contributed by atoms with Crippen LogP contribution in [0, 0.1) is 12.3 Å². The lowest BCUT2D eigenvalue weighted by molar-refractivity contribution is -0.143. The third kappa shape index (κ3) is 3.14. The van der Waals surface area contributed by atoms with E-state index < -0.39 is 11.4 Å². The van der Waals surface area contributed by atoms with Gasteiger partial charge in [-0.25, -0.2) is 0 Å². The molecule has 5 nitrogen and oxygen atoms in total. The molecule has 0 aliphatic heterocycles. The lowest BCUT2D eigenvalue weighted by Gasteiger charge is -2.10. The van der Waals surface area contributed by atoms with Gasteiger partial charge in [0.25, 0.3) is 5.91 Å². The Morgan fingerprint density at radius 3 is 2.50 bits per heavy atom. The molecule has 2 N–H and O–H groups in total. The molecular formula is C18H19NO4S. The summed E-state index contributed by atoms with van der Waals surface area (Å²) in [6, 6.07) is 9.54. The highest BCUT2D eigenvalue weighted by Crippen LogP contribution is 2.45. The highest BCUT2D eigenvalue weighted by Gasteiger charge is 2.50. The minimum atomic E-state index is -0.830. The second-order valence-electron chi connectivity index (χ2n) is 6.08. The standard InChI is InChI=1S/C18H19NO4S/c1-11-14(12-3-5-13(23-2)6-4-12)9-15(24-11)16(20)19-10-18(7-8-18)17(21)22/h3-6,9H,7-8,10H2,1-2H3,(H,19,20)(H,21,22). The smallest absolute Gasteiger partial charge is 0.311 e. The van der Waals surface area contributed by atoms with E-state index in [0.29, 0.717) is 17.7 Å². The summed E-state index contributed by atoms with van der Waals surface area (Å²) in [5.41, 5.74) is 1.28. The van der Waals surface area contributed by atoms with Crippen LogP contribution in [0.2, 0.25) is 0 Å². The molecule has 0 radical (unpaired) electrons. The molecule has 1 heterocycles. The SMILES string of the molecule is COc1ccc(-c2cc(C(=O)NCC3(C(=O)O)CC3)sc2C)cc1. The maximum atomic E-state index is 12.3. The molecule has 3 rings (SSSR count). The number of carbonyl (C=O) groups is 2. The fourth-order valence-corrected chi connectivity index (χ4v) is 3.56. The summed E-state index contributed by atoms with van der Waals surface area (Å²) in [6.07, 6.45) is 1.26. The number of carbonyl (C=O) groups excluding carboxylic acids is 1. The zero-order chi connectivity index (χ0) is 17.3. The van der Waals surface area contributed by atoms with E-state index in [4.69, 9.17) is 9.84 Å². The van der Waals surface area contributed by atoms with Crippen LogP contribution in [0.1, 0.15) is 27.4 Å². The van der Waals surface area contributed by atoms with Gasteiger partial charge in [0.15, 0.2) is 0 Å². The number of aryl methyl sites for hydroxylation is 1. The second-order valence-corrected chi connectivity index (χ2v) is 7.33. The van der Waals surface area contributed by atoms with Crippen molar-refractivity contribution in [3.05, 3.63) is 40.1 Å². The first-order valence-electron chi connectivity index (χ1n) is 7.72. The number of thiophene rings is 1. The first-order valence-corrected chi connectivity index (χ1v) is 8.53. The Labute approximate surface area is 144 Å². The Morgan fingerprint density at radius 1 is 1.29 bits per heavy atom. The van der Waals surface area contributed by atoms with Crippen LogP contribution in [0.25, 0.3) is 11.1 Å². The molecule has 0 unspecified atom stereocenters. The Kier molecular flexibility index (Phi) is 4.32. The topological polar surface area (TPSA) is 75.6 Å². The van der Waals surface area contributed by atoms with Gasteiger partial charge in [-0.1, -0.05) is 12.1 Å². The number of hydrogen-bond donors (Lipinski definition) is 2. The molecule has 1 aromatic carbocycles. The van der Waals surface area contributed by atoms with Gasteiger partial charge < -0.3 is 15.2 Å². The summed E-state index contributed by atoms with van der Waals surface area (Å²) >= 11 is 1.42. The van der Waals surface area contributed by atoms with Gasteiger partial charge in [0, 0.05) is 11.4 Å². The first kappa shape index (κ1) is 16.5. The van der Waals surface area contributed by atoms with Crippen LogP contribution in [0.4, 0.5) is 0 Å². The van der Waals surface area contributed by atoms with Gasteiger partial charge in [0.1, 0.15) is 5.75 Å². The van der Waals surface area contributed by atoms with Crippen LogP contribution in [-0.4, -0.2) is 30.6 Å². The molecule has 0 bridgehead atoms. The van der Waals surface area contributed by atoms with Crippen LogP contribution in [0.15, 0.2) is 30.3 Å². The third-order valence-corrected chi connectivity index (χ3v) is 5.49. The van der Waals surface area contributed by atoms with Gasteiger partial charge in [-0.15, -0.1) is 11.3 Å². The average Bonchev–Trinajstić information content (AvgIpc) is 3.29. The number of rotatable bonds is 6. The van der Waals surface area contributed by atoms with Crippen LogP contribution in [0.3, 0.4) is 0 Å². The molecular weight excluding hydrogens is 326 g/mol. The molecule has 0 spiro atoms. The fourth-order valence-electron chi connectivity index (χ4n) is 2.60. The fraction of sp³-hybridized carbons (Fsp3) is 0.333. The van der Waals surface area contributed by atoms with Crippen LogP contribution in [-0.2, 0) is 4.79 Å². The van der Waals surface area contributed by atoms with Gasteiger partial charge >= 0.3 is 5.97 Å². The van der Waals surface area contributed by atoms with Crippen molar-refractivity contribution >= 4 is 23.2 Å². The minimum absolute atomic E-state index is 0.190. The molecule has 1 saturated carbocycles. The van der Waals surface area contributed by atoms with Gasteiger partial charge in [-0.3, -0.25) is 9.59 Å². The number of methoxy groups -OCH3 is 1. The number of amides is 1. The predicted octanol–water partition coefficient (Wildman–Crippen LogP) is 3.33. The zero-order valence-corrected chi connectivity index (χ0v) is 14.4. The lowest BCUT2D eigenvalue weighted by atomic mass is 10.1. The first-order chi connectivity index (χ1) is 11.4. The van der Waals surface area contributed by atoms with E-state index in [1.54, 1.807) is 7.11 Å². The van der Waals surface area contributed by atoms with Crippen molar-refractivity contribution in [1.82, 2.24) is 5.32 Å². The maximum absolute atomic E-state index is 12.3. The quantitative estimate of drug-likeness (QED) is 0.842. The molecule has 1 amide bonds. The monoisotopic (exact) mass is 345 g/mol. The summed E-state index contributed by atoms with van der Waals surface area (Å²) in [4.78, 5) is 25.1. The zero-order valence-electron chi connectivity index (χ0n) is 13.6. The lowest BCUT2D eigenvalue weighted by Crippen LogP contribution is -2.33. The number of hydrogen-bond acceptors (Lipinski definition) is 4. The van der Waals surface area contributed by atoms with Gasteiger partial charge in [0.2, 0.25) is 0 Å². The second kappa shape index (κ2) is 6.28. The van der Waals surface area contributed by atoms with Crippen LogP contribution in [0.5, 0.6) is 5.75 Å². The molecule has 6 heteroatoms. The highest BCUT2D eigenvalue weighted by molar-refractivity contribution is 7.14. The van der Waals surface area contributed by atoms with Crippen molar-refractivity contribution in [2.24, 2.45) is 5.41 Å². The normalized spacial score (nSPS) is 14.9. The van der Waals surface area contributed by atoms with Gasteiger partial charge in [-0.05, 0) is 49.1 Å². The number of ether oxygens (including phenoxy) is 1. The minimum Gasteiger partial charge on any atom is -0.497 e. The average molecular weight is 345 g/mol. The summed E-state index contributed by atoms with van der Waals surface area (Å²) in [5.74, 6) is -0.257. The summed E-state index contributed by atoms with van der Waals surface area (Å²) < 4.78 is 5.16. The van der Waals surface area contributed by atoms with Gasteiger partial charge in [-0.2, -0.15) is 0 Å². The molecule has 24 heavy (non-hydrogen) atoms. The predicted molar refractivity (Wildman–Crippen MR) is 92.7 cm³/mol. The molecule has 2 aromatic rings. The summed E-state index contributed by atoms with van der Waals surface area (Å²) in [5, 5.41) is 11.9. The van der Waals surface area contributed by atoms with Crippen molar-refractivity contribution < 1.29 is 19.4 Å². The molecule has 0 atom stereocenters. The van der Waals surface area contributed by atoms with E-state index in [1.165, 1.54) is 11.3 Å². The highest BCUT2D eigenvalue weighted by atomic mass is 32.1. The number of benzene rings is 1. The Hall–Kier alpha value is -2.34. The maximum Gasteiger partial charge on any atom is 0.311 e. The van der Waals surface area contributed by atoms with E-state index in [2.05, 4.69) is 5.32 Å². The van der Waals surface area contributed by atoms with Crippen molar-refractivity contribution in [3.8, 4) is 16.9 Å². The van der Waals surface area contributed by atoms with E-state index in [9.17, 15) is 9.59 Å². The summed E-state index contributed by atoms with van der Waals surface area (Å²) in [7, 11) is 1.62. The van der Waals surface area contributed by atoms with Crippen molar-refractivity contribution in [2.75, 3.05) is 13.7 Å². The number of carboxylic acid groups (broad SMARTS) is 1. The van der Waals surface area contributed by atoms with E-state index >= 15 is 0 Å². The van der Waals surface area contributed by atoms with E-state index in [-0.39, 0.29) is 12.5 Å². The largest absolute Gasteiger partial charge is 0.497 e. The van der Waals surface area contributed by atoms with E-state index in [1.807, 2.05) is 37.3 Å². The molecule has 126 valence electrons. The number of carboxylic acids is 1. The Balaban J connectivity index is 1.73. The van der Waals surface area contributed by atoms with E-state index in [0.717, 1.165) is 21.8 Å². The van der Waals surface area contributed by atoms with Crippen molar-refractivity contribution in [2.45, 2.75) is 19.8 Å². The van der Waals surface area contributed by atoms with Crippen molar-refractivity contribution in [3.63, 3.8) is 0 Å². The molecule has 0 saturated heterocycles. The molecule has 1 aliphatic carbocycles. The van der Waals surface area contributed by atoms with Gasteiger partial charge in [0.05, 0.1) is 17.4 Å².